The minimum absolute atomic E-state index is 0.263. The summed E-state index contributed by atoms with van der Waals surface area (Å²) in [5.41, 5.74) is 0.566. The molecule has 0 radical (unpaired) electrons. The van der Waals surface area contributed by atoms with Crippen LogP contribution in [0.3, 0.4) is 0 Å². The number of hydrogen-bond donors (Lipinski definition) is 1. The van der Waals surface area contributed by atoms with Crippen LogP contribution < -0.4 is 5.32 Å². The summed E-state index contributed by atoms with van der Waals surface area (Å²) in [5, 5.41) is 3.67. The molecule has 0 aromatic heterocycles. The van der Waals surface area contributed by atoms with Crippen LogP contribution in [0.25, 0.3) is 0 Å². The van der Waals surface area contributed by atoms with Gasteiger partial charge in [-0.3, -0.25) is 0 Å². The first-order valence-corrected chi connectivity index (χ1v) is 6.58. The molecule has 1 aliphatic heterocycles. The molecule has 1 aromatic carbocycles. The Morgan fingerprint density at radius 1 is 1.33 bits per heavy atom. The third-order valence-corrected chi connectivity index (χ3v) is 3.80. The summed E-state index contributed by atoms with van der Waals surface area (Å²) in [4.78, 5) is 0. The van der Waals surface area contributed by atoms with Crippen LogP contribution in [0.4, 0.5) is 10.1 Å². The second kappa shape index (κ2) is 5.08. The zero-order chi connectivity index (χ0) is 10.7. The Balaban J connectivity index is 2.03. The van der Waals surface area contributed by atoms with E-state index < -0.39 is 0 Å². The van der Waals surface area contributed by atoms with E-state index in [4.69, 9.17) is 11.6 Å². The first-order valence-electron chi connectivity index (χ1n) is 5.05. The molecule has 1 fully saturated rings. The minimum Gasteiger partial charge on any atom is -0.380 e. The lowest BCUT2D eigenvalue weighted by Gasteiger charge is -2.23. The highest BCUT2D eigenvalue weighted by Crippen LogP contribution is 2.24. The average Bonchev–Trinajstić information content (AvgIpc) is 2.24. The quantitative estimate of drug-likeness (QED) is 0.851. The number of nitrogens with one attached hydrogen (secondary N) is 1. The maximum Gasteiger partial charge on any atom is 0.147 e. The second-order valence-corrected chi connectivity index (χ2v) is 5.32. The molecule has 1 saturated heterocycles. The number of rotatable bonds is 2. The molecule has 1 aromatic rings. The van der Waals surface area contributed by atoms with E-state index >= 15 is 0 Å². The van der Waals surface area contributed by atoms with Gasteiger partial charge in [-0.05, 0) is 42.5 Å². The van der Waals surface area contributed by atoms with Crippen LogP contribution in [-0.2, 0) is 0 Å². The number of hydrogen-bond acceptors (Lipinski definition) is 2. The second-order valence-electron chi connectivity index (χ2n) is 3.66. The first kappa shape index (κ1) is 11.1. The average molecular weight is 246 g/mol. The van der Waals surface area contributed by atoms with Crippen molar-refractivity contribution in [2.24, 2.45) is 0 Å². The summed E-state index contributed by atoms with van der Waals surface area (Å²) in [6.07, 6.45) is 2.21. The lowest BCUT2D eigenvalue weighted by molar-refractivity contribution is 0.614. The minimum atomic E-state index is -0.263. The molecule has 4 heteroatoms. The smallest absolute Gasteiger partial charge is 0.147 e. The van der Waals surface area contributed by atoms with E-state index in [0.29, 0.717) is 16.8 Å². The highest BCUT2D eigenvalue weighted by atomic mass is 35.5. The van der Waals surface area contributed by atoms with E-state index in [1.807, 2.05) is 11.8 Å². The van der Waals surface area contributed by atoms with Gasteiger partial charge in [-0.1, -0.05) is 11.6 Å². The highest BCUT2D eigenvalue weighted by Gasteiger charge is 2.14. The van der Waals surface area contributed by atoms with Crippen molar-refractivity contribution < 1.29 is 4.39 Å². The molecule has 0 atom stereocenters. The number of thioether (sulfide) groups is 1. The van der Waals surface area contributed by atoms with E-state index in [1.54, 1.807) is 12.1 Å². The Labute approximate surface area is 98.4 Å². The summed E-state index contributed by atoms with van der Waals surface area (Å²) < 4.78 is 13.5. The van der Waals surface area contributed by atoms with Crippen molar-refractivity contribution in [2.75, 3.05) is 16.8 Å². The number of halogens is 2. The molecule has 1 nitrogen and oxygen atoms in total. The maximum atomic E-state index is 13.5. The van der Waals surface area contributed by atoms with Gasteiger partial charge in [0.05, 0.1) is 5.69 Å². The molecule has 1 N–H and O–H groups in total. The van der Waals surface area contributed by atoms with Crippen molar-refractivity contribution in [3.05, 3.63) is 29.0 Å². The van der Waals surface area contributed by atoms with Crippen LogP contribution in [0.1, 0.15) is 12.8 Å². The molecule has 0 bridgehead atoms. The van der Waals surface area contributed by atoms with Crippen molar-refractivity contribution in [3.63, 3.8) is 0 Å². The van der Waals surface area contributed by atoms with Crippen LogP contribution >= 0.6 is 23.4 Å². The number of benzene rings is 1. The molecule has 1 aliphatic rings. The largest absolute Gasteiger partial charge is 0.380 e. The maximum absolute atomic E-state index is 13.5. The summed E-state index contributed by atoms with van der Waals surface area (Å²) in [6.45, 7) is 0. The van der Waals surface area contributed by atoms with Gasteiger partial charge >= 0.3 is 0 Å². The molecule has 0 aliphatic carbocycles. The van der Waals surface area contributed by atoms with Gasteiger partial charge in [0, 0.05) is 11.1 Å². The first-order chi connectivity index (χ1) is 7.25. The van der Waals surface area contributed by atoms with Crippen molar-refractivity contribution in [1.29, 1.82) is 0 Å². The summed E-state index contributed by atoms with van der Waals surface area (Å²) in [5.74, 6) is 2.06. The monoisotopic (exact) mass is 245 g/mol. The molecule has 15 heavy (non-hydrogen) atoms. The third kappa shape index (κ3) is 3.02. The summed E-state index contributed by atoms with van der Waals surface area (Å²) in [7, 11) is 0. The summed E-state index contributed by atoms with van der Waals surface area (Å²) in [6, 6.07) is 5.17. The van der Waals surface area contributed by atoms with Gasteiger partial charge in [0.2, 0.25) is 0 Å². The molecule has 0 spiro atoms. The molecule has 2 rings (SSSR count). The molecular formula is C11H13ClFNS. The van der Waals surface area contributed by atoms with Crippen LogP contribution in [0.2, 0.25) is 5.02 Å². The van der Waals surface area contributed by atoms with Crippen molar-refractivity contribution >= 4 is 29.1 Å². The highest BCUT2D eigenvalue weighted by molar-refractivity contribution is 7.99. The zero-order valence-corrected chi connectivity index (χ0v) is 9.87. The van der Waals surface area contributed by atoms with E-state index in [1.165, 1.54) is 6.07 Å². The molecule has 0 saturated carbocycles. The lowest BCUT2D eigenvalue weighted by Crippen LogP contribution is -2.24. The van der Waals surface area contributed by atoms with Gasteiger partial charge in [0.25, 0.3) is 0 Å². The predicted octanol–water partition coefficient (Wildman–Crippen LogP) is 3.79. The van der Waals surface area contributed by atoms with E-state index in [-0.39, 0.29) is 5.82 Å². The lowest BCUT2D eigenvalue weighted by atomic mass is 10.1. The van der Waals surface area contributed by atoms with Crippen molar-refractivity contribution in [2.45, 2.75) is 18.9 Å². The zero-order valence-electron chi connectivity index (χ0n) is 8.30. The summed E-state index contributed by atoms with van der Waals surface area (Å²) >= 11 is 7.65. The topological polar surface area (TPSA) is 12.0 Å². The third-order valence-electron chi connectivity index (χ3n) is 2.51. The van der Waals surface area contributed by atoms with Gasteiger partial charge in [0.15, 0.2) is 0 Å². The Morgan fingerprint density at radius 3 is 2.73 bits per heavy atom. The van der Waals surface area contributed by atoms with Crippen molar-refractivity contribution in [1.82, 2.24) is 0 Å². The standard InChI is InChI=1S/C11H13ClFNS/c12-8-1-2-11(10(13)7-8)14-9-3-5-15-6-4-9/h1-2,7,9,14H,3-6H2. The predicted molar refractivity (Wildman–Crippen MR) is 65.4 cm³/mol. The fourth-order valence-corrected chi connectivity index (χ4v) is 2.93. The van der Waals surface area contributed by atoms with Crippen LogP contribution in [-0.4, -0.2) is 17.5 Å². The van der Waals surface area contributed by atoms with Gasteiger partial charge < -0.3 is 5.32 Å². The Morgan fingerprint density at radius 2 is 2.07 bits per heavy atom. The van der Waals surface area contributed by atoms with Gasteiger partial charge in [-0.2, -0.15) is 11.8 Å². The Hall–Kier alpha value is -0.410. The Kier molecular flexibility index (Phi) is 3.76. The molecule has 82 valence electrons. The normalized spacial score (nSPS) is 17.7. The van der Waals surface area contributed by atoms with Crippen LogP contribution in [0.15, 0.2) is 18.2 Å². The Bertz CT molecular complexity index is 339. The molecular weight excluding hydrogens is 233 g/mol. The van der Waals surface area contributed by atoms with Crippen LogP contribution in [0, 0.1) is 5.82 Å². The van der Waals surface area contributed by atoms with Gasteiger partial charge in [-0.25, -0.2) is 4.39 Å². The van der Waals surface area contributed by atoms with E-state index in [2.05, 4.69) is 5.32 Å². The van der Waals surface area contributed by atoms with Crippen molar-refractivity contribution in [3.8, 4) is 0 Å². The fraction of sp³-hybridized carbons (Fsp3) is 0.455. The van der Waals surface area contributed by atoms with Gasteiger partial charge in [-0.15, -0.1) is 0 Å². The molecule has 0 amide bonds. The fourth-order valence-electron chi connectivity index (χ4n) is 1.67. The van der Waals surface area contributed by atoms with Crippen LogP contribution in [0.5, 0.6) is 0 Å². The molecule has 1 heterocycles. The number of anilines is 1. The van der Waals surface area contributed by atoms with Gasteiger partial charge in [0.1, 0.15) is 5.82 Å². The van der Waals surface area contributed by atoms with E-state index in [0.717, 1.165) is 24.3 Å². The molecule has 0 unspecified atom stereocenters. The SMILES string of the molecule is Fc1cc(Cl)ccc1NC1CCSCC1. The van der Waals surface area contributed by atoms with E-state index in [9.17, 15) is 4.39 Å².